The molecule has 1 aromatic rings. The Bertz CT molecular complexity index is 576. The first-order chi connectivity index (χ1) is 9.56. The first-order valence-electron chi connectivity index (χ1n) is 6.70. The third kappa shape index (κ3) is 2.11. The van der Waals surface area contributed by atoms with Gasteiger partial charge >= 0.3 is 0 Å². The van der Waals surface area contributed by atoms with Gasteiger partial charge in [-0.1, -0.05) is 0 Å². The monoisotopic (exact) mass is 277 g/mol. The molecule has 2 fully saturated rings. The molecule has 0 bridgehead atoms. The van der Waals surface area contributed by atoms with Crippen LogP contribution >= 0.6 is 0 Å². The lowest BCUT2D eigenvalue weighted by molar-refractivity contribution is -0.130. The summed E-state index contributed by atoms with van der Waals surface area (Å²) in [5, 5.41) is 0. The summed E-state index contributed by atoms with van der Waals surface area (Å²) in [6.45, 7) is 1.63. The van der Waals surface area contributed by atoms with Gasteiger partial charge in [0.05, 0.1) is 5.69 Å². The normalized spacial score (nSPS) is 22.1. The van der Waals surface area contributed by atoms with Crippen molar-refractivity contribution in [2.24, 2.45) is 0 Å². The summed E-state index contributed by atoms with van der Waals surface area (Å²) >= 11 is 0. The van der Waals surface area contributed by atoms with Crippen molar-refractivity contribution in [3.63, 3.8) is 0 Å². The van der Waals surface area contributed by atoms with Gasteiger partial charge in [0, 0.05) is 37.7 Å². The van der Waals surface area contributed by atoms with Crippen molar-refractivity contribution >= 4 is 17.5 Å². The molecule has 3 rings (SSSR count). The Labute approximate surface area is 116 Å². The van der Waals surface area contributed by atoms with E-state index in [2.05, 4.69) is 0 Å². The minimum absolute atomic E-state index is 0.0227. The molecule has 6 heteroatoms. The van der Waals surface area contributed by atoms with Crippen molar-refractivity contribution in [3.8, 4) is 0 Å². The Hall–Kier alpha value is -2.11. The summed E-state index contributed by atoms with van der Waals surface area (Å²) in [7, 11) is 0. The van der Waals surface area contributed by atoms with Crippen LogP contribution in [-0.4, -0.2) is 47.3 Å². The number of nitrogens with two attached hydrogens (primary N) is 1. The standard InChI is InChI=1S/C14H16FN3O2/c15-11-3-1-9(7-12(11)16)14(20)17-5-6-18-10(8-17)2-4-13(18)19/h1,3,7,10H,2,4-6,8,16H2. The number of rotatable bonds is 1. The summed E-state index contributed by atoms with van der Waals surface area (Å²) in [6, 6.07) is 4.14. The number of piperazine rings is 1. The fraction of sp³-hybridized carbons (Fsp3) is 0.429. The molecule has 0 aliphatic carbocycles. The molecule has 2 N–H and O–H groups in total. The number of hydrogen-bond acceptors (Lipinski definition) is 3. The molecule has 2 aliphatic heterocycles. The van der Waals surface area contributed by atoms with E-state index >= 15 is 0 Å². The molecule has 1 unspecified atom stereocenters. The van der Waals surface area contributed by atoms with Gasteiger partial charge in [-0.05, 0) is 24.6 Å². The van der Waals surface area contributed by atoms with E-state index < -0.39 is 5.82 Å². The second kappa shape index (κ2) is 4.77. The topological polar surface area (TPSA) is 66.6 Å². The van der Waals surface area contributed by atoms with Gasteiger partial charge < -0.3 is 15.5 Å². The molecule has 2 saturated heterocycles. The van der Waals surface area contributed by atoms with Gasteiger partial charge in [-0.2, -0.15) is 0 Å². The SMILES string of the molecule is Nc1cc(C(=O)N2CCN3C(=O)CCC3C2)ccc1F. The molecule has 0 spiro atoms. The van der Waals surface area contributed by atoms with Crippen LogP contribution in [0.3, 0.4) is 0 Å². The highest BCUT2D eigenvalue weighted by atomic mass is 19.1. The zero-order valence-corrected chi connectivity index (χ0v) is 11.0. The molecular formula is C14H16FN3O2. The first kappa shape index (κ1) is 12.9. The second-order valence-corrected chi connectivity index (χ2v) is 5.27. The average Bonchev–Trinajstić information content (AvgIpc) is 2.82. The highest BCUT2D eigenvalue weighted by Gasteiger charge is 2.37. The van der Waals surface area contributed by atoms with Crippen LogP contribution in [0.2, 0.25) is 0 Å². The number of halogens is 1. The smallest absolute Gasteiger partial charge is 0.254 e. The van der Waals surface area contributed by atoms with Crippen molar-refractivity contribution in [2.75, 3.05) is 25.4 Å². The van der Waals surface area contributed by atoms with Crippen LogP contribution in [0.25, 0.3) is 0 Å². The number of amides is 2. The maximum atomic E-state index is 13.1. The largest absolute Gasteiger partial charge is 0.396 e. The summed E-state index contributed by atoms with van der Waals surface area (Å²) < 4.78 is 13.1. The molecule has 5 nitrogen and oxygen atoms in total. The van der Waals surface area contributed by atoms with Gasteiger partial charge in [0.1, 0.15) is 5.82 Å². The maximum Gasteiger partial charge on any atom is 0.254 e. The molecule has 20 heavy (non-hydrogen) atoms. The van der Waals surface area contributed by atoms with Crippen LogP contribution in [0.5, 0.6) is 0 Å². The fourth-order valence-corrected chi connectivity index (χ4v) is 2.91. The zero-order valence-electron chi connectivity index (χ0n) is 11.0. The van der Waals surface area contributed by atoms with Crippen LogP contribution in [0.15, 0.2) is 18.2 Å². The number of carbonyl (C=O) groups excluding carboxylic acids is 2. The predicted molar refractivity (Wildman–Crippen MR) is 71.5 cm³/mol. The predicted octanol–water partition coefficient (Wildman–Crippen LogP) is 0.855. The van der Waals surface area contributed by atoms with E-state index in [1.54, 1.807) is 4.90 Å². The van der Waals surface area contributed by atoms with Crippen molar-refractivity contribution in [3.05, 3.63) is 29.6 Å². The summed E-state index contributed by atoms with van der Waals surface area (Å²) in [5.74, 6) is -0.503. The highest BCUT2D eigenvalue weighted by molar-refractivity contribution is 5.95. The molecule has 0 aromatic heterocycles. The second-order valence-electron chi connectivity index (χ2n) is 5.27. The molecule has 2 heterocycles. The van der Waals surface area contributed by atoms with E-state index in [0.29, 0.717) is 31.6 Å². The van der Waals surface area contributed by atoms with E-state index in [9.17, 15) is 14.0 Å². The van der Waals surface area contributed by atoms with Crippen LogP contribution in [0.1, 0.15) is 23.2 Å². The van der Waals surface area contributed by atoms with Crippen molar-refractivity contribution in [2.45, 2.75) is 18.9 Å². The first-order valence-corrected chi connectivity index (χ1v) is 6.70. The minimum atomic E-state index is -0.521. The average molecular weight is 277 g/mol. The molecule has 0 saturated carbocycles. The Balaban J connectivity index is 1.75. The number of nitrogens with zero attached hydrogens (tertiary/aromatic N) is 2. The third-order valence-electron chi connectivity index (χ3n) is 4.02. The number of anilines is 1. The van der Waals surface area contributed by atoms with Crippen molar-refractivity contribution in [1.29, 1.82) is 0 Å². The Kier molecular flexibility index (Phi) is 3.08. The minimum Gasteiger partial charge on any atom is -0.396 e. The van der Waals surface area contributed by atoms with Gasteiger partial charge in [0.2, 0.25) is 5.91 Å². The lowest BCUT2D eigenvalue weighted by Gasteiger charge is -2.37. The van der Waals surface area contributed by atoms with Gasteiger partial charge in [0.15, 0.2) is 0 Å². The van der Waals surface area contributed by atoms with Gasteiger partial charge in [-0.25, -0.2) is 4.39 Å². The van der Waals surface area contributed by atoms with Crippen LogP contribution in [0.4, 0.5) is 10.1 Å². The van der Waals surface area contributed by atoms with Crippen LogP contribution < -0.4 is 5.73 Å². The van der Waals surface area contributed by atoms with E-state index in [4.69, 9.17) is 5.73 Å². The fourth-order valence-electron chi connectivity index (χ4n) is 2.91. The molecule has 0 radical (unpaired) electrons. The maximum absolute atomic E-state index is 13.1. The highest BCUT2D eigenvalue weighted by Crippen LogP contribution is 2.24. The number of hydrogen-bond donors (Lipinski definition) is 1. The molecule has 2 aliphatic rings. The third-order valence-corrected chi connectivity index (χ3v) is 4.02. The molecule has 1 atom stereocenters. The molecule has 106 valence electrons. The summed E-state index contributed by atoms with van der Waals surface area (Å²) in [5.41, 5.74) is 5.86. The summed E-state index contributed by atoms with van der Waals surface area (Å²) in [6.07, 6.45) is 1.37. The van der Waals surface area contributed by atoms with Gasteiger partial charge in [-0.3, -0.25) is 9.59 Å². The molecular weight excluding hydrogens is 261 g/mol. The Morgan fingerprint density at radius 2 is 2.15 bits per heavy atom. The number of carbonyl (C=O) groups is 2. The van der Waals surface area contributed by atoms with Crippen LogP contribution in [0, 0.1) is 5.82 Å². The van der Waals surface area contributed by atoms with Gasteiger partial charge in [-0.15, -0.1) is 0 Å². The zero-order chi connectivity index (χ0) is 14.3. The lowest BCUT2D eigenvalue weighted by atomic mass is 10.1. The Morgan fingerprint density at radius 3 is 2.90 bits per heavy atom. The quantitative estimate of drug-likeness (QED) is 0.774. The molecule has 2 amide bonds. The van der Waals surface area contributed by atoms with E-state index in [1.165, 1.54) is 18.2 Å². The summed E-state index contributed by atoms with van der Waals surface area (Å²) in [4.78, 5) is 27.5. The number of nitrogen functional groups attached to an aromatic ring is 1. The number of fused-ring (bicyclic) bond motifs is 1. The lowest BCUT2D eigenvalue weighted by Crippen LogP contribution is -2.53. The van der Waals surface area contributed by atoms with Crippen molar-refractivity contribution in [1.82, 2.24) is 9.80 Å². The van der Waals surface area contributed by atoms with Crippen LogP contribution in [-0.2, 0) is 4.79 Å². The Morgan fingerprint density at radius 1 is 1.35 bits per heavy atom. The van der Waals surface area contributed by atoms with E-state index in [1.807, 2.05) is 4.90 Å². The van der Waals surface area contributed by atoms with E-state index in [0.717, 1.165) is 6.42 Å². The number of benzene rings is 1. The van der Waals surface area contributed by atoms with Gasteiger partial charge in [0.25, 0.3) is 5.91 Å². The van der Waals surface area contributed by atoms with Crippen molar-refractivity contribution < 1.29 is 14.0 Å². The van der Waals surface area contributed by atoms with E-state index in [-0.39, 0.29) is 23.5 Å². The molecule has 1 aromatic carbocycles.